The summed E-state index contributed by atoms with van der Waals surface area (Å²) in [6.45, 7) is 6.67. The van der Waals surface area contributed by atoms with Gasteiger partial charge in [-0.1, -0.05) is 18.5 Å². The summed E-state index contributed by atoms with van der Waals surface area (Å²) in [7, 11) is -1.97. The summed E-state index contributed by atoms with van der Waals surface area (Å²) in [6, 6.07) is 8.31. The molecule has 0 atom stereocenters. The number of hydrogen-bond acceptors (Lipinski definition) is 11. The second kappa shape index (κ2) is 13.2. The van der Waals surface area contributed by atoms with E-state index >= 15 is 0 Å². The highest BCUT2D eigenvalue weighted by Crippen LogP contribution is 2.38. The van der Waals surface area contributed by atoms with Gasteiger partial charge in [0, 0.05) is 43.3 Å². The Kier molecular flexibility index (Phi) is 9.11. The molecule has 0 unspecified atom stereocenters. The van der Waals surface area contributed by atoms with Gasteiger partial charge in [0.2, 0.25) is 16.0 Å². The highest BCUT2D eigenvalue weighted by Gasteiger charge is 2.28. The Morgan fingerprint density at radius 2 is 1.76 bits per heavy atom. The summed E-state index contributed by atoms with van der Waals surface area (Å²) < 4.78 is 32.8. The number of piperidine rings is 1. The van der Waals surface area contributed by atoms with Gasteiger partial charge < -0.3 is 25.2 Å². The lowest BCUT2D eigenvalue weighted by Crippen LogP contribution is -2.44. The first-order valence-electron chi connectivity index (χ1n) is 15.2. The van der Waals surface area contributed by atoms with E-state index in [9.17, 15) is 8.42 Å². The van der Waals surface area contributed by atoms with Gasteiger partial charge in [0.15, 0.2) is 5.82 Å². The van der Waals surface area contributed by atoms with Gasteiger partial charge in [-0.25, -0.2) is 13.4 Å². The Balaban J connectivity index is 1.25. The first-order valence-corrected chi connectivity index (χ1v) is 17.5. The molecule has 238 valence electrons. The van der Waals surface area contributed by atoms with Crippen LogP contribution in [-0.2, 0) is 16.4 Å². The molecule has 0 spiro atoms. The number of anilines is 6. The number of nitrogens with zero attached hydrogens (tertiary/aromatic N) is 6. The van der Waals surface area contributed by atoms with E-state index in [1.54, 1.807) is 25.4 Å². The molecule has 6 rings (SSSR count). The van der Waals surface area contributed by atoms with Crippen molar-refractivity contribution < 1.29 is 13.2 Å². The van der Waals surface area contributed by atoms with E-state index in [1.807, 2.05) is 0 Å². The van der Waals surface area contributed by atoms with Crippen LogP contribution in [0.2, 0.25) is 5.02 Å². The van der Waals surface area contributed by atoms with E-state index < -0.39 is 10.0 Å². The monoisotopic (exact) mass is 651 g/mol. The largest absolute Gasteiger partial charge is 0.494 e. The SMILES string of the molecule is CCc1cc(Nc2ncc(Cl)c(Nc3ccc4nccnc4c3NS(C)(=O)=O)n2)c(OC)cc1N1CCC(N2CCCC2)CC1. The van der Waals surface area contributed by atoms with Gasteiger partial charge in [0.05, 0.1) is 42.1 Å². The number of methoxy groups -OCH3 is 1. The van der Waals surface area contributed by atoms with Crippen LogP contribution in [0.4, 0.5) is 34.5 Å². The second-order valence-corrected chi connectivity index (χ2v) is 13.6. The van der Waals surface area contributed by atoms with Gasteiger partial charge in [0.1, 0.15) is 16.3 Å². The molecule has 14 heteroatoms. The zero-order chi connectivity index (χ0) is 31.6. The highest BCUT2D eigenvalue weighted by atomic mass is 35.5. The molecule has 2 aromatic carbocycles. The number of sulfonamides is 1. The summed E-state index contributed by atoms with van der Waals surface area (Å²) in [5.41, 5.74) is 4.70. The number of ether oxygens (including phenoxy) is 1. The van der Waals surface area contributed by atoms with Crippen LogP contribution in [0.1, 0.15) is 38.2 Å². The van der Waals surface area contributed by atoms with Gasteiger partial charge in [-0.2, -0.15) is 4.98 Å². The molecule has 0 amide bonds. The average molecular weight is 652 g/mol. The van der Waals surface area contributed by atoms with Gasteiger partial charge in [-0.05, 0) is 69.0 Å². The van der Waals surface area contributed by atoms with Gasteiger partial charge in [-0.3, -0.25) is 14.7 Å². The number of likely N-dealkylation sites (tertiary alicyclic amines) is 1. The number of benzene rings is 2. The predicted octanol–water partition coefficient (Wildman–Crippen LogP) is 5.57. The summed E-state index contributed by atoms with van der Waals surface area (Å²) in [5, 5.41) is 6.70. The minimum atomic E-state index is -3.63. The Morgan fingerprint density at radius 3 is 2.47 bits per heavy atom. The number of hydrogen-bond donors (Lipinski definition) is 3. The van der Waals surface area contributed by atoms with Crippen molar-refractivity contribution in [3.05, 3.63) is 53.4 Å². The van der Waals surface area contributed by atoms with Crippen LogP contribution < -0.4 is 25.0 Å². The number of halogens is 1. The van der Waals surface area contributed by atoms with Crippen LogP contribution in [0.5, 0.6) is 5.75 Å². The molecule has 0 radical (unpaired) electrons. The zero-order valence-electron chi connectivity index (χ0n) is 25.7. The molecule has 12 nitrogen and oxygen atoms in total. The van der Waals surface area contributed by atoms with Crippen molar-refractivity contribution in [1.82, 2.24) is 24.8 Å². The van der Waals surface area contributed by atoms with E-state index in [1.165, 1.54) is 62.4 Å². The third-order valence-corrected chi connectivity index (χ3v) is 9.27. The van der Waals surface area contributed by atoms with E-state index in [0.717, 1.165) is 31.5 Å². The molecular weight excluding hydrogens is 614 g/mol. The van der Waals surface area contributed by atoms with Crippen molar-refractivity contribution in [3.63, 3.8) is 0 Å². The van der Waals surface area contributed by atoms with Crippen molar-refractivity contribution in [3.8, 4) is 5.75 Å². The number of aryl methyl sites for hydroxylation is 1. The Morgan fingerprint density at radius 1 is 1.00 bits per heavy atom. The van der Waals surface area contributed by atoms with E-state index in [2.05, 4.69) is 64.1 Å². The maximum Gasteiger partial charge on any atom is 0.229 e. The van der Waals surface area contributed by atoms with Crippen LogP contribution >= 0.6 is 11.6 Å². The van der Waals surface area contributed by atoms with Crippen LogP contribution in [0.15, 0.2) is 42.9 Å². The molecule has 3 N–H and O–H groups in total. The van der Waals surface area contributed by atoms with Gasteiger partial charge in [0.25, 0.3) is 0 Å². The first-order chi connectivity index (χ1) is 21.7. The molecule has 2 aliphatic heterocycles. The predicted molar refractivity (Wildman–Crippen MR) is 180 cm³/mol. The van der Waals surface area contributed by atoms with Crippen LogP contribution in [0.3, 0.4) is 0 Å². The molecule has 2 aromatic heterocycles. The lowest BCUT2D eigenvalue weighted by molar-refractivity contribution is 0.208. The quantitative estimate of drug-likeness (QED) is 0.198. The lowest BCUT2D eigenvalue weighted by Gasteiger charge is -2.38. The fraction of sp³-hybridized carbons (Fsp3) is 0.419. The van der Waals surface area contributed by atoms with Crippen molar-refractivity contribution in [2.75, 3.05) is 59.8 Å². The Bertz CT molecular complexity index is 1790. The molecule has 0 bridgehead atoms. The van der Waals surface area contributed by atoms with Crippen LogP contribution in [0, 0.1) is 0 Å². The average Bonchev–Trinajstić information content (AvgIpc) is 3.58. The topological polar surface area (TPSA) is 138 Å². The Labute approximate surface area is 268 Å². The second-order valence-electron chi connectivity index (χ2n) is 11.4. The molecular formula is C31H38ClN9O3S. The normalized spacial score (nSPS) is 16.2. The van der Waals surface area contributed by atoms with Gasteiger partial charge in [-0.15, -0.1) is 0 Å². The van der Waals surface area contributed by atoms with Crippen LogP contribution in [-0.4, -0.2) is 78.8 Å². The summed E-state index contributed by atoms with van der Waals surface area (Å²) in [5.74, 6) is 1.26. The van der Waals surface area contributed by atoms with E-state index in [0.29, 0.717) is 34.5 Å². The van der Waals surface area contributed by atoms with E-state index in [4.69, 9.17) is 16.3 Å². The Hall–Kier alpha value is -3.94. The van der Waals surface area contributed by atoms with Crippen LogP contribution in [0.25, 0.3) is 11.0 Å². The number of fused-ring (bicyclic) bond motifs is 1. The molecule has 2 fully saturated rings. The summed E-state index contributed by atoms with van der Waals surface area (Å²) >= 11 is 6.50. The maximum atomic E-state index is 12.2. The summed E-state index contributed by atoms with van der Waals surface area (Å²) in [6.07, 6.45) is 11.4. The minimum absolute atomic E-state index is 0.238. The maximum absolute atomic E-state index is 12.2. The zero-order valence-corrected chi connectivity index (χ0v) is 27.2. The van der Waals surface area contributed by atoms with Crippen molar-refractivity contribution in [1.29, 1.82) is 0 Å². The summed E-state index contributed by atoms with van der Waals surface area (Å²) in [4.78, 5) is 22.8. The van der Waals surface area contributed by atoms with E-state index in [-0.39, 0.29) is 16.5 Å². The fourth-order valence-corrected chi connectivity index (χ4v) is 6.94. The standard InChI is InChI=1S/C31H38ClN9O3S/c1-4-20-17-25(27(44-2)18-26(20)41-15-9-21(10-16-41)40-13-5-6-14-40)37-31-35-19-22(32)30(38-31)36-24-8-7-23-28(34-12-11-33-23)29(24)39-45(3,42)43/h7-8,11-12,17-19,21,39H,4-6,9-10,13-16H2,1-3H3,(H2,35,36,37,38). The third kappa shape index (κ3) is 7.00. The highest BCUT2D eigenvalue weighted by molar-refractivity contribution is 7.92. The molecule has 4 aromatic rings. The molecule has 2 aliphatic rings. The number of aromatic nitrogens is 4. The first kappa shape index (κ1) is 31.1. The third-order valence-electron chi connectivity index (χ3n) is 8.42. The van der Waals surface area contributed by atoms with Crippen molar-refractivity contribution in [2.45, 2.75) is 45.1 Å². The smallest absolute Gasteiger partial charge is 0.229 e. The fourth-order valence-electron chi connectivity index (χ4n) is 6.23. The number of nitrogens with one attached hydrogen (secondary N) is 3. The molecule has 45 heavy (non-hydrogen) atoms. The minimum Gasteiger partial charge on any atom is -0.494 e. The van der Waals surface area contributed by atoms with Crippen molar-refractivity contribution >= 4 is 67.2 Å². The molecule has 0 saturated carbocycles. The molecule has 2 saturated heterocycles. The number of rotatable bonds is 10. The lowest BCUT2D eigenvalue weighted by atomic mass is 10.0. The molecule has 4 heterocycles. The van der Waals surface area contributed by atoms with Gasteiger partial charge >= 0.3 is 0 Å². The van der Waals surface area contributed by atoms with Crippen molar-refractivity contribution in [2.24, 2.45) is 0 Å². The molecule has 0 aliphatic carbocycles.